The molecule has 9 nitrogen and oxygen atoms in total. The van der Waals surface area contributed by atoms with Crippen LogP contribution in [0.1, 0.15) is 26.3 Å². The Labute approximate surface area is 224 Å². The second kappa shape index (κ2) is 12.8. The SMILES string of the molecule is COc1ccc(C(=O)NCC(=O)NN=Cc2cc(Br)ccc2OC(=O)c2ccc(Br)cc2)cc1OC. The third kappa shape index (κ3) is 7.40. The van der Waals surface area contributed by atoms with E-state index in [1.807, 2.05) is 0 Å². The van der Waals surface area contributed by atoms with Crippen LogP contribution in [0.3, 0.4) is 0 Å². The first-order valence-electron chi connectivity index (χ1n) is 10.4. The molecule has 0 saturated heterocycles. The zero-order valence-electron chi connectivity index (χ0n) is 19.2. The van der Waals surface area contributed by atoms with Crippen LogP contribution in [0, 0.1) is 0 Å². The number of benzene rings is 3. The van der Waals surface area contributed by atoms with Gasteiger partial charge in [0.2, 0.25) is 0 Å². The van der Waals surface area contributed by atoms with Crippen molar-refractivity contribution in [2.75, 3.05) is 20.8 Å². The van der Waals surface area contributed by atoms with Crippen molar-refractivity contribution >= 4 is 55.9 Å². The van der Waals surface area contributed by atoms with Gasteiger partial charge in [0.25, 0.3) is 11.8 Å². The molecule has 2 amide bonds. The van der Waals surface area contributed by atoms with Crippen LogP contribution in [0.15, 0.2) is 74.7 Å². The van der Waals surface area contributed by atoms with Crippen LogP contribution in [-0.4, -0.2) is 44.8 Å². The topological polar surface area (TPSA) is 115 Å². The molecule has 0 unspecified atom stereocenters. The molecule has 0 spiro atoms. The summed E-state index contributed by atoms with van der Waals surface area (Å²) < 4.78 is 17.4. The molecule has 36 heavy (non-hydrogen) atoms. The number of nitrogens with zero attached hydrogens (tertiary/aromatic N) is 1. The Bertz CT molecular complexity index is 1300. The first-order chi connectivity index (χ1) is 17.3. The molecule has 0 saturated carbocycles. The van der Waals surface area contributed by atoms with Crippen LogP contribution in [-0.2, 0) is 4.79 Å². The number of rotatable bonds is 9. The highest BCUT2D eigenvalue weighted by molar-refractivity contribution is 9.10. The van der Waals surface area contributed by atoms with E-state index in [0.29, 0.717) is 28.2 Å². The van der Waals surface area contributed by atoms with Crippen LogP contribution >= 0.6 is 31.9 Å². The third-order valence-corrected chi connectivity index (χ3v) is 5.72. The Kier molecular flexibility index (Phi) is 9.60. The first kappa shape index (κ1) is 26.9. The van der Waals surface area contributed by atoms with Gasteiger partial charge in [0, 0.05) is 20.1 Å². The molecule has 0 fully saturated rings. The largest absolute Gasteiger partial charge is 0.493 e. The van der Waals surface area contributed by atoms with Gasteiger partial charge >= 0.3 is 5.97 Å². The van der Waals surface area contributed by atoms with Gasteiger partial charge in [-0.3, -0.25) is 9.59 Å². The molecular formula is C25H21Br2N3O6. The van der Waals surface area contributed by atoms with E-state index in [1.54, 1.807) is 54.6 Å². The van der Waals surface area contributed by atoms with E-state index in [-0.39, 0.29) is 12.3 Å². The number of methoxy groups -OCH3 is 2. The van der Waals surface area contributed by atoms with E-state index >= 15 is 0 Å². The van der Waals surface area contributed by atoms with Gasteiger partial charge in [0.1, 0.15) is 5.75 Å². The highest BCUT2D eigenvalue weighted by atomic mass is 79.9. The molecule has 11 heteroatoms. The number of hydrogen-bond donors (Lipinski definition) is 2. The van der Waals surface area contributed by atoms with E-state index in [1.165, 1.54) is 26.5 Å². The predicted molar refractivity (Wildman–Crippen MR) is 141 cm³/mol. The maximum atomic E-state index is 12.5. The van der Waals surface area contributed by atoms with Crippen LogP contribution in [0.25, 0.3) is 0 Å². The van der Waals surface area contributed by atoms with E-state index in [0.717, 1.165) is 8.95 Å². The van der Waals surface area contributed by atoms with Gasteiger partial charge < -0.3 is 19.5 Å². The number of nitrogens with one attached hydrogen (secondary N) is 2. The highest BCUT2D eigenvalue weighted by Gasteiger charge is 2.13. The smallest absolute Gasteiger partial charge is 0.343 e. The number of hydrogen-bond acceptors (Lipinski definition) is 7. The van der Waals surface area contributed by atoms with Crippen LogP contribution < -0.4 is 25.0 Å². The monoisotopic (exact) mass is 617 g/mol. The van der Waals surface area contributed by atoms with E-state index in [4.69, 9.17) is 14.2 Å². The molecule has 0 aliphatic carbocycles. The number of carbonyl (C=O) groups is 3. The molecule has 0 bridgehead atoms. The predicted octanol–water partition coefficient (Wildman–Crippen LogP) is 4.33. The van der Waals surface area contributed by atoms with Gasteiger partial charge in [-0.05, 0) is 60.7 Å². The van der Waals surface area contributed by atoms with E-state index < -0.39 is 17.8 Å². The molecule has 0 radical (unpaired) electrons. The van der Waals surface area contributed by atoms with E-state index in [9.17, 15) is 14.4 Å². The summed E-state index contributed by atoms with van der Waals surface area (Å²) in [4.78, 5) is 37.0. The summed E-state index contributed by atoms with van der Waals surface area (Å²) in [6, 6.07) is 16.4. The third-order valence-electron chi connectivity index (χ3n) is 4.70. The number of hydrazone groups is 1. The summed E-state index contributed by atoms with van der Waals surface area (Å²) in [7, 11) is 2.95. The van der Waals surface area contributed by atoms with Crippen LogP contribution in [0.2, 0.25) is 0 Å². The molecule has 3 aromatic carbocycles. The number of esters is 1. The average Bonchev–Trinajstić information content (AvgIpc) is 2.88. The summed E-state index contributed by atoms with van der Waals surface area (Å²) in [6.07, 6.45) is 1.34. The zero-order valence-corrected chi connectivity index (χ0v) is 22.4. The maximum Gasteiger partial charge on any atom is 0.343 e. The fourth-order valence-corrected chi connectivity index (χ4v) is 3.55. The molecule has 0 heterocycles. The standard InChI is InChI=1S/C25H21Br2N3O6/c1-34-21-9-5-16(12-22(21)35-2)24(32)28-14-23(31)30-29-13-17-11-19(27)8-10-20(17)36-25(33)15-3-6-18(26)7-4-15/h3-13H,14H2,1-2H3,(H,28,32)(H,30,31). The Morgan fingerprint density at radius 3 is 2.17 bits per heavy atom. The maximum absolute atomic E-state index is 12.5. The summed E-state index contributed by atoms with van der Waals surface area (Å²) in [6.45, 7) is -0.311. The summed E-state index contributed by atoms with van der Waals surface area (Å²) >= 11 is 6.68. The summed E-state index contributed by atoms with van der Waals surface area (Å²) in [5.74, 6) is -0.430. The second-order valence-electron chi connectivity index (χ2n) is 7.12. The lowest BCUT2D eigenvalue weighted by molar-refractivity contribution is -0.120. The lowest BCUT2D eigenvalue weighted by Gasteiger charge is -2.10. The van der Waals surface area contributed by atoms with Crippen molar-refractivity contribution in [3.8, 4) is 17.2 Å². The van der Waals surface area contributed by atoms with Gasteiger partial charge in [-0.25, -0.2) is 10.2 Å². The molecule has 186 valence electrons. The number of carbonyl (C=O) groups excluding carboxylic acids is 3. The normalized spacial score (nSPS) is 10.6. The fourth-order valence-electron chi connectivity index (χ4n) is 2.91. The lowest BCUT2D eigenvalue weighted by atomic mass is 10.2. The fraction of sp³-hybridized carbons (Fsp3) is 0.120. The average molecular weight is 619 g/mol. The number of ether oxygens (including phenoxy) is 3. The Hall–Kier alpha value is -3.70. The minimum absolute atomic E-state index is 0.255. The summed E-state index contributed by atoms with van der Waals surface area (Å²) in [5.41, 5.74) is 3.45. The second-order valence-corrected chi connectivity index (χ2v) is 8.96. The van der Waals surface area contributed by atoms with Crippen molar-refractivity contribution in [1.82, 2.24) is 10.7 Å². The van der Waals surface area contributed by atoms with Crippen molar-refractivity contribution in [3.63, 3.8) is 0 Å². The van der Waals surface area contributed by atoms with Crippen molar-refractivity contribution < 1.29 is 28.6 Å². The molecule has 0 aliphatic rings. The molecule has 0 aliphatic heterocycles. The minimum Gasteiger partial charge on any atom is -0.493 e. The van der Waals surface area contributed by atoms with Crippen molar-refractivity contribution in [1.29, 1.82) is 0 Å². The minimum atomic E-state index is -0.552. The van der Waals surface area contributed by atoms with E-state index in [2.05, 4.69) is 47.7 Å². The first-order valence-corrected chi connectivity index (χ1v) is 12.0. The highest BCUT2D eigenvalue weighted by Crippen LogP contribution is 2.27. The van der Waals surface area contributed by atoms with Gasteiger partial charge in [-0.1, -0.05) is 31.9 Å². The number of amides is 2. The Balaban J connectivity index is 1.58. The van der Waals surface area contributed by atoms with Gasteiger partial charge in [-0.2, -0.15) is 5.10 Å². The Morgan fingerprint density at radius 1 is 0.833 bits per heavy atom. The zero-order chi connectivity index (χ0) is 26.1. The van der Waals surface area contributed by atoms with Gasteiger partial charge in [0.05, 0.1) is 32.5 Å². The Morgan fingerprint density at radius 2 is 1.47 bits per heavy atom. The molecule has 0 aromatic heterocycles. The van der Waals surface area contributed by atoms with Crippen molar-refractivity contribution in [3.05, 3.63) is 86.3 Å². The number of halogens is 2. The molecule has 3 rings (SSSR count). The van der Waals surface area contributed by atoms with Gasteiger partial charge in [-0.15, -0.1) is 0 Å². The molecular weight excluding hydrogens is 598 g/mol. The molecule has 3 aromatic rings. The molecule has 2 N–H and O–H groups in total. The van der Waals surface area contributed by atoms with Crippen molar-refractivity contribution in [2.24, 2.45) is 5.10 Å². The van der Waals surface area contributed by atoms with Gasteiger partial charge in [0.15, 0.2) is 11.5 Å². The molecule has 0 atom stereocenters. The van der Waals surface area contributed by atoms with Crippen molar-refractivity contribution in [2.45, 2.75) is 0 Å². The quantitative estimate of drug-likeness (QED) is 0.160. The van der Waals surface area contributed by atoms with Crippen LogP contribution in [0.5, 0.6) is 17.2 Å². The summed E-state index contributed by atoms with van der Waals surface area (Å²) in [5, 5.41) is 6.41. The van der Waals surface area contributed by atoms with Crippen LogP contribution in [0.4, 0.5) is 0 Å². The lowest BCUT2D eigenvalue weighted by Crippen LogP contribution is -2.34.